The van der Waals surface area contributed by atoms with Gasteiger partial charge in [0.05, 0.1) is 7.11 Å². The first-order valence-corrected chi connectivity index (χ1v) is 3.51. The highest BCUT2D eigenvalue weighted by Crippen LogP contribution is 1.95. The fraction of sp³-hybridized carbons (Fsp3) is 0.333. The van der Waals surface area contributed by atoms with Crippen molar-refractivity contribution in [2.45, 2.75) is 13.8 Å². The third-order valence-corrected chi connectivity index (χ3v) is 1.18. The molecule has 0 saturated heterocycles. The van der Waals surface area contributed by atoms with Gasteiger partial charge in [-0.1, -0.05) is 12.2 Å². The molecule has 0 aromatic carbocycles. The molecule has 0 aliphatic heterocycles. The Bertz CT molecular complexity index is 236. The topological polar surface area (TPSA) is 43.4 Å². The summed E-state index contributed by atoms with van der Waals surface area (Å²) in [4.78, 5) is 21.2. The number of hydrogen-bond donors (Lipinski definition) is 0. The quantitative estimate of drug-likeness (QED) is 0.362. The highest BCUT2D eigenvalue weighted by molar-refractivity contribution is 5.89. The van der Waals surface area contributed by atoms with Crippen molar-refractivity contribution in [2.75, 3.05) is 7.11 Å². The van der Waals surface area contributed by atoms with Crippen molar-refractivity contribution in [3.8, 4) is 0 Å². The zero-order valence-corrected chi connectivity index (χ0v) is 7.46. The molecule has 0 spiro atoms. The van der Waals surface area contributed by atoms with E-state index in [-0.39, 0.29) is 11.8 Å². The lowest BCUT2D eigenvalue weighted by Gasteiger charge is -1.94. The van der Waals surface area contributed by atoms with E-state index in [2.05, 4.69) is 4.74 Å². The van der Waals surface area contributed by atoms with E-state index in [0.29, 0.717) is 5.57 Å². The van der Waals surface area contributed by atoms with Gasteiger partial charge in [0.2, 0.25) is 0 Å². The van der Waals surface area contributed by atoms with E-state index in [1.165, 1.54) is 32.3 Å². The molecule has 0 rings (SSSR count). The van der Waals surface area contributed by atoms with Crippen molar-refractivity contribution >= 4 is 11.8 Å². The Hall–Kier alpha value is -1.38. The Balaban J connectivity index is 4.18. The zero-order chi connectivity index (χ0) is 9.56. The maximum Gasteiger partial charge on any atom is 0.333 e. The molecule has 0 atom stereocenters. The summed E-state index contributed by atoms with van der Waals surface area (Å²) in [7, 11) is 1.31. The average Bonchev–Trinajstić information content (AvgIpc) is 2.02. The van der Waals surface area contributed by atoms with E-state index in [1.807, 2.05) is 0 Å². The van der Waals surface area contributed by atoms with Crippen LogP contribution < -0.4 is 0 Å². The minimum Gasteiger partial charge on any atom is -0.466 e. The van der Waals surface area contributed by atoms with Gasteiger partial charge in [-0.2, -0.15) is 0 Å². The van der Waals surface area contributed by atoms with Crippen LogP contribution in [-0.4, -0.2) is 18.9 Å². The van der Waals surface area contributed by atoms with Crippen LogP contribution in [-0.2, 0) is 14.3 Å². The highest BCUT2D eigenvalue weighted by Gasteiger charge is 1.99. The molecule has 66 valence electrons. The minimum absolute atomic E-state index is 0.0519. The molecule has 0 radical (unpaired) electrons. The molecule has 0 unspecified atom stereocenters. The van der Waals surface area contributed by atoms with E-state index in [1.54, 1.807) is 6.92 Å². The van der Waals surface area contributed by atoms with Crippen LogP contribution in [0.5, 0.6) is 0 Å². The first kappa shape index (κ1) is 10.6. The molecular formula is C9H12O3. The number of ether oxygens (including phenoxy) is 1. The Morgan fingerprint density at radius 3 is 2.25 bits per heavy atom. The van der Waals surface area contributed by atoms with E-state index >= 15 is 0 Å². The number of carbonyl (C=O) groups excluding carboxylic acids is 2. The van der Waals surface area contributed by atoms with Crippen LogP contribution >= 0.6 is 0 Å². The molecule has 0 bridgehead atoms. The molecule has 12 heavy (non-hydrogen) atoms. The lowest BCUT2D eigenvalue weighted by molar-refractivity contribution is -0.136. The summed E-state index contributed by atoms with van der Waals surface area (Å²) in [6, 6.07) is 0. The molecule has 0 fully saturated rings. The number of hydrogen-bond acceptors (Lipinski definition) is 3. The van der Waals surface area contributed by atoms with Crippen LogP contribution in [0.4, 0.5) is 0 Å². The van der Waals surface area contributed by atoms with Crippen LogP contribution in [0.3, 0.4) is 0 Å². The molecule has 0 saturated carbocycles. The second kappa shape index (κ2) is 5.29. The fourth-order valence-corrected chi connectivity index (χ4v) is 0.557. The summed E-state index contributed by atoms with van der Waals surface area (Å²) in [6.45, 7) is 3.06. The summed E-state index contributed by atoms with van der Waals surface area (Å²) < 4.78 is 4.44. The van der Waals surface area contributed by atoms with Crippen molar-refractivity contribution < 1.29 is 14.3 Å². The van der Waals surface area contributed by atoms with Gasteiger partial charge in [-0.25, -0.2) is 4.79 Å². The molecule has 3 nitrogen and oxygen atoms in total. The summed E-state index contributed by atoms with van der Waals surface area (Å²) in [5.41, 5.74) is 0.468. The van der Waals surface area contributed by atoms with Gasteiger partial charge in [0, 0.05) is 5.57 Å². The monoisotopic (exact) mass is 168 g/mol. The van der Waals surface area contributed by atoms with Crippen molar-refractivity contribution in [3.63, 3.8) is 0 Å². The molecule has 0 amide bonds. The Kier molecular flexibility index (Phi) is 4.69. The molecule has 0 N–H and O–H groups in total. The maximum atomic E-state index is 10.8. The summed E-state index contributed by atoms with van der Waals surface area (Å²) in [6.07, 6.45) is 4.44. The van der Waals surface area contributed by atoms with Crippen molar-refractivity contribution in [3.05, 3.63) is 23.8 Å². The second-order valence-electron chi connectivity index (χ2n) is 2.31. The van der Waals surface area contributed by atoms with E-state index in [9.17, 15) is 9.59 Å². The minimum atomic E-state index is -0.386. The summed E-state index contributed by atoms with van der Waals surface area (Å²) in [5, 5.41) is 0. The van der Waals surface area contributed by atoms with Gasteiger partial charge in [0.1, 0.15) is 0 Å². The number of esters is 1. The second-order valence-corrected chi connectivity index (χ2v) is 2.31. The van der Waals surface area contributed by atoms with Gasteiger partial charge in [0.15, 0.2) is 5.78 Å². The van der Waals surface area contributed by atoms with Crippen LogP contribution in [0.15, 0.2) is 23.8 Å². The third kappa shape index (κ3) is 4.44. The first-order valence-electron chi connectivity index (χ1n) is 3.51. The smallest absolute Gasteiger partial charge is 0.333 e. The molecular weight excluding hydrogens is 156 g/mol. The first-order chi connectivity index (χ1) is 5.57. The normalized spacial score (nSPS) is 11.8. The number of methoxy groups -OCH3 is 1. The standard InChI is InChI=1S/C9H12O3/c1-7(9(11)12-3)5-4-6-8(2)10/h4-6H,1-3H3/b6-4+,7-5+. The maximum absolute atomic E-state index is 10.8. The van der Waals surface area contributed by atoms with Gasteiger partial charge in [-0.05, 0) is 19.9 Å². The Labute approximate surface area is 71.7 Å². The number of carbonyl (C=O) groups is 2. The van der Waals surface area contributed by atoms with Gasteiger partial charge >= 0.3 is 5.97 Å². The number of ketones is 1. The lowest BCUT2D eigenvalue weighted by atomic mass is 10.2. The van der Waals surface area contributed by atoms with Crippen LogP contribution in [0, 0.1) is 0 Å². The summed E-state index contributed by atoms with van der Waals surface area (Å²) >= 11 is 0. The SMILES string of the molecule is COC(=O)/C(C)=C/C=C/C(C)=O. The summed E-state index contributed by atoms with van der Waals surface area (Å²) in [5.74, 6) is -0.438. The van der Waals surface area contributed by atoms with Gasteiger partial charge in [-0.3, -0.25) is 4.79 Å². The Morgan fingerprint density at radius 2 is 1.83 bits per heavy atom. The largest absolute Gasteiger partial charge is 0.466 e. The molecule has 0 aliphatic carbocycles. The van der Waals surface area contributed by atoms with Crippen molar-refractivity contribution in [2.24, 2.45) is 0 Å². The lowest BCUT2D eigenvalue weighted by Crippen LogP contribution is -2.00. The van der Waals surface area contributed by atoms with Crippen LogP contribution in [0.25, 0.3) is 0 Å². The molecule has 0 heterocycles. The van der Waals surface area contributed by atoms with Gasteiger partial charge in [0.25, 0.3) is 0 Å². The number of allylic oxidation sites excluding steroid dienone is 3. The predicted molar refractivity (Wildman–Crippen MR) is 45.6 cm³/mol. The van der Waals surface area contributed by atoms with Crippen LogP contribution in [0.1, 0.15) is 13.8 Å². The highest BCUT2D eigenvalue weighted by atomic mass is 16.5. The molecule has 3 heteroatoms. The van der Waals surface area contributed by atoms with Gasteiger partial charge in [-0.15, -0.1) is 0 Å². The molecule has 0 aromatic heterocycles. The third-order valence-electron chi connectivity index (χ3n) is 1.18. The number of rotatable bonds is 3. The van der Waals surface area contributed by atoms with Gasteiger partial charge < -0.3 is 4.74 Å². The van der Waals surface area contributed by atoms with E-state index in [0.717, 1.165) is 0 Å². The zero-order valence-electron chi connectivity index (χ0n) is 7.46. The Morgan fingerprint density at radius 1 is 1.25 bits per heavy atom. The van der Waals surface area contributed by atoms with Crippen LogP contribution in [0.2, 0.25) is 0 Å². The van der Waals surface area contributed by atoms with Crippen molar-refractivity contribution in [1.82, 2.24) is 0 Å². The molecule has 0 aromatic rings. The average molecular weight is 168 g/mol. The molecule has 0 aliphatic rings. The van der Waals surface area contributed by atoms with E-state index < -0.39 is 0 Å². The fourth-order valence-electron chi connectivity index (χ4n) is 0.557. The van der Waals surface area contributed by atoms with E-state index in [4.69, 9.17) is 0 Å². The van der Waals surface area contributed by atoms with Crippen molar-refractivity contribution in [1.29, 1.82) is 0 Å². The predicted octanol–water partition coefficient (Wildman–Crippen LogP) is 1.25.